The minimum atomic E-state index is -3.74. The Bertz CT molecular complexity index is 555. The third-order valence-corrected chi connectivity index (χ3v) is 5.35. The summed E-state index contributed by atoms with van der Waals surface area (Å²) in [7, 11) is -3.74. The fraction of sp³-hybridized carbons (Fsp3) is 0.538. The van der Waals surface area contributed by atoms with E-state index in [-0.39, 0.29) is 10.5 Å². The van der Waals surface area contributed by atoms with Crippen LogP contribution in [0.1, 0.15) is 25.3 Å². The molecule has 4 nitrogen and oxygen atoms in total. The summed E-state index contributed by atoms with van der Waals surface area (Å²) in [5.41, 5.74) is 0.232. The molecule has 19 heavy (non-hydrogen) atoms. The molecule has 0 unspecified atom stereocenters. The molecule has 106 valence electrons. The molecule has 1 aliphatic carbocycles. The van der Waals surface area contributed by atoms with Crippen LogP contribution in [0, 0.1) is 11.7 Å². The summed E-state index contributed by atoms with van der Waals surface area (Å²) >= 11 is 0. The molecule has 2 rings (SSSR count). The predicted molar refractivity (Wildman–Crippen MR) is 69.5 cm³/mol. The van der Waals surface area contributed by atoms with Crippen LogP contribution < -0.4 is 0 Å². The van der Waals surface area contributed by atoms with E-state index in [9.17, 15) is 17.9 Å². The Morgan fingerprint density at radius 3 is 2.63 bits per heavy atom. The van der Waals surface area contributed by atoms with Gasteiger partial charge in [-0.05, 0) is 36.5 Å². The molecule has 0 spiro atoms. The number of halogens is 1. The molecule has 1 aliphatic rings. The molecule has 1 aromatic carbocycles. The molecule has 0 aromatic heterocycles. The van der Waals surface area contributed by atoms with Gasteiger partial charge in [0.05, 0.1) is 11.5 Å². The molecular weight excluding hydrogens is 269 g/mol. The van der Waals surface area contributed by atoms with Crippen LogP contribution in [0.25, 0.3) is 0 Å². The molecule has 0 amide bonds. The van der Waals surface area contributed by atoms with Crippen molar-refractivity contribution in [2.24, 2.45) is 5.92 Å². The van der Waals surface area contributed by atoms with Crippen molar-refractivity contribution in [2.45, 2.75) is 31.3 Å². The fourth-order valence-electron chi connectivity index (χ4n) is 2.02. The SMILES string of the molecule is CCN(CC1CC1)S(=O)(=O)c1cc(F)ccc1CO. The number of aliphatic hydroxyl groups is 1. The Morgan fingerprint density at radius 1 is 1.42 bits per heavy atom. The van der Waals surface area contributed by atoms with Crippen LogP contribution in [0.15, 0.2) is 23.1 Å². The van der Waals surface area contributed by atoms with Crippen LogP contribution in [-0.4, -0.2) is 30.9 Å². The summed E-state index contributed by atoms with van der Waals surface area (Å²) in [5, 5.41) is 9.22. The molecule has 0 atom stereocenters. The highest BCUT2D eigenvalue weighted by atomic mass is 32.2. The van der Waals surface area contributed by atoms with Crippen molar-refractivity contribution in [3.63, 3.8) is 0 Å². The van der Waals surface area contributed by atoms with Gasteiger partial charge in [-0.15, -0.1) is 0 Å². The van der Waals surface area contributed by atoms with E-state index >= 15 is 0 Å². The average Bonchev–Trinajstić information content (AvgIpc) is 3.19. The van der Waals surface area contributed by atoms with Gasteiger partial charge >= 0.3 is 0 Å². The van der Waals surface area contributed by atoms with Gasteiger partial charge in [0, 0.05) is 13.1 Å². The first-order chi connectivity index (χ1) is 8.98. The molecule has 1 aromatic rings. The zero-order chi connectivity index (χ0) is 14.0. The fourth-order valence-corrected chi connectivity index (χ4v) is 3.77. The lowest BCUT2D eigenvalue weighted by Crippen LogP contribution is -2.33. The Labute approximate surface area is 112 Å². The van der Waals surface area contributed by atoms with Gasteiger partial charge in [-0.1, -0.05) is 13.0 Å². The van der Waals surface area contributed by atoms with E-state index in [4.69, 9.17) is 0 Å². The minimum Gasteiger partial charge on any atom is -0.392 e. The van der Waals surface area contributed by atoms with Gasteiger partial charge in [-0.2, -0.15) is 4.31 Å². The van der Waals surface area contributed by atoms with Gasteiger partial charge in [0.2, 0.25) is 10.0 Å². The minimum absolute atomic E-state index is 0.127. The quantitative estimate of drug-likeness (QED) is 0.867. The van der Waals surface area contributed by atoms with Crippen LogP contribution in [0.4, 0.5) is 4.39 Å². The third kappa shape index (κ3) is 3.13. The van der Waals surface area contributed by atoms with Crippen molar-refractivity contribution >= 4 is 10.0 Å². The maximum Gasteiger partial charge on any atom is 0.243 e. The number of hydrogen-bond donors (Lipinski definition) is 1. The Hall–Kier alpha value is -0.980. The second-order valence-electron chi connectivity index (χ2n) is 4.81. The predicted octanol–water partition coefficient (Wildman–Crippen LogP) is 1.74. The molecule has 0 heterocycles. The van der Waals surface area contributed by atoms with E-state index in [2.05, 4.69) is 0 Å². The Morgan fingerprint density at radius 2 is 2.11 bits per heavy atom. The number of benzene rings is 1. The van der Waals surface area contributed by atoms with E-state index in [0.717, 1.165) is 25.0 Å². The van der Waals surface area contributed by atoms with Crippen molar-refractivity contribution in [2.75, 3.05) is 13.1 Å². The molecule has 0 radical (unpaired) electrons. The highest BCUT2D eigenvalue weighted by Crippen LogP contribution is 2.32. The van der Waals surface area contributed by atoms with Crippen LogP contribution >= 0.6 is 0 Å². The number of hydrogen-bond acceptors (Lipinski definition) is 3. The smallest absolute Gasteiger partial charge is 0.243 e. The first-order valence-corrected chi connectivity index (χ1v) is 7.82. The van der Waals surface area contributed by atoms with Crippen molar-refractivity contribution < 1.29 is 17.9 Å². The molecule has 0 bridgehead atoms. The number of sulfonamides is 1. The zero-order valence-corrected chi connectivity index (χ0v) is 11.7. The number of nitrogens with zero attached hydrogens (tertiary/aromatic N) is 1. The highest BCUT2D eigenvalue weighted by molar-refractivity contribution is 7.89. The Balaban J connectivity index is 2.38. The van der Waals surface area contributed by atoms with Crippen molar-refractivity contribution in [3.05, 3.63) is 29.6 Å². The van der Waals surface area contributed by atoms with Gasteiger partial charge in [-0.3, -0.25) is 0 Å². The topological polar surface area (TPSA) is 57.6 Å². The molecule has 1 N–H and O–H groups in total. The van der Waals surface area contributed by atoms with Crippen LogP contribution in [-0.2, 0) is 16.6 Å². The van der Waals surface area contributed by atoms with E-state index in [1.54, 1.807) is 6.92 Å². The maximum absolute atomic E-state index is 13.3. The monoisotopic (exact) mass is 287 g/mol. The summed E-state index contributed by atoms with van der Waals surface area (Å²) in [5.74, 6) is -0.195. The highest BCUT2D eigenvalue weighted by Gasteiger charge is 2.32. The lowest BCUT2D eigenvalue weighted by Gasteiger charge is -2.21. The normalized spacial score (nSPS) is 16.0. The standard InChI is InChI=1S/C13H18FNO3S/c1-2-15(8-10-3-4-10)19(17,18)13-7-12(14)6-5-11(13)9-16/h5-7,10,16H,2-4,8-9H2,1H3. The number of aliphatic hydroxyl groups excluding tert-OH is 1. The first kappa shape index (κ1) is 14.4. The van der Waals surface area contributed by atoms with Gasteiger partial charge in [0.1, 0.15) is 5.82 Å². The van der Waals surface area contributed by atoms with Gasteiger partial charge in [0.15, 0.2) is 0 Å². The Kier molecular flexibility index (Phi) is 4.23. The largest absolute Gasteiger partial charge is 0.392 e. The van der Waals surface area contributed by atoms with Crippen LogP contribution in [0.5, 0.6) is 0 Å². The van der Waals surface area contributed by atoms with Crippen LogP contribution in [0.3, 0.4) is 0 Å². The average molecular weight is 287 g/mol. The second kappa shape index (κ2) is 5.56. The third-order valence-electron chi connectivity index (χ3n) is 3.33. The summed E-state index contributed by atoms with van der Waals surface area (Å²) in [6.07, 6.45) is 2.09. The van der Waals surface area contributed by atoms with Gasteiger partial charge in [-0.25, -0.2) is 12.8 Å². The summed E-state index contributed by atoms with van der Waals surface area (Å²) in [4.78, 5) is -0.127. The maximum atomic E-state index is 13.3. The number of rotatable bonds is 6. The van der Waals surface area contributed by atoms with E-state index in [1.165, 1.54) is 10.4 Å². The van der Waals surface area contributed by atoms with Crippen molar-refractivity contribution in [1.29, 1.82) is 0 Å². The molecule has 1 fully saturated rings. The molecule has 0 saturated heterocycles. The lowest BCUT2D eigenvalue weighted by molar-refractivity contribution is 0.277. The van der Waals surface area contributed by atoms with E-state index in [1.807, 2.05) is 0 Å². The summed E-state index contributed by atoms with van der Waals surface area (Å²) < 4.78 is 39.7. The lowest BCUT2D eigenvalue weighted by atomic mass is 10.2. The van der Waals surface area contributed by atoms with Crippen molar-refractivity contribution in [3.8, 4) is 0 Å². The van der Waals surface area contributed by atoms with Crippen molar-refractivity contribution in [1.82, 2.24) is 4.31 Å². The molecule has 1 saturated carbocycles. The molecular formula is C13H18FNO3S. The molecule has 6 heteroatoms. The van der Waals surface area contributed by atoms with E-state index in [0.29, 0.717) is 19.0 Å². The second-order valence-corrected chi connectivity index (χ2v) is 6.72. The summed E-state index contributed by atoms with van der Waals surface area (Å²) in [6.45, 7) is 2.16. The zero-order valence-electron chi connectivity index (χ0n) is 10.8. The van der Waals surface area contributed by atoms with Gasteiger partial charge < -0.3 is 5.11 Å². The van der Waals surface area contributed by atoms with Gasteiger partial charge in [0.25, 0.3) is 0 Å². The van der Waals surface area contributed by atoms with E-state index < -0.39 is 22.4 Å². The first-order valence-electron chi connectivity index (χ1n) is 6.38. The summed E-state index contributed by atoms with van der Waals surface area (Å²) in [6, 6.07) is 3.45. The van der Waals surface area contributed by atoms with Crippen LogP contribution in [0.2, 0.25) is 0 Å². The molecule has 0 aliphatic heterocycles.